The fourth-order valence-electron chi connectivity index (χ4n) is 5.86. The minimum Gasteiger partial charge on any atom is -0.760 e. The maximum atomic E-state index is 14.7. The Morgan fingerprint density at radius 3 is 2.31 bits per heavy atom. The molecule has 3 aromatic rings. The number of morpholine rings is 1. The van der Waals surface area contributed by atoms with Crippen molar-refractivity contribution in [1.82, 2.24) is 9.21 Å². The van der Waals surface area contributed by atoms with Gasteiger partial charge in [0.1, 0.15) is 18.0 Å². The van der Waals surface area contributed by atoms with E-state index < -0.39 is 65.2 Å². The summed E-state index contributed by atoms with van der Waals surface area (Å²) in [5.41, 5.74) is 0.516. The van der Waals surface area contributed by atoms with E-state index in [4.69, 9.17) is 27.9 Å². The van der Waals surface area contributed by atoms with Gasteiger partial charge in [-0.05, 0) is 73.2 Å². The maximum absolute atomic E-state index is 14.7. The van der Waals surface area contributed by atoms with Crippen molar-refractivity contribution in [2.24, 2.45) is 5.92 Å². The first kappa shape index (κ1) is 35.0. The SMILES string of the molecule is CC(C)[C@@H](CN(S(=O)[O-])C(C)(C)Cc1ccccc1F)N1C(=O)[C@@H](CC(=O)O)O[C@H](c2cccc(Cl)c2)[C@H]1c1ccc(Cl)cc1. The predicted molar refractivity (Wildman–Crippen MR) is 171 cm³/mol. The van der Waals surface area contributed by atoms with Gasteiger partial charge in [-0.3, -0.25) is 13.8 Å². The molecule has 1 unspecified atom stereocenters. The molecule has 1 aliphatic rings. The lowest BCUT2D eigenvalue weighted by Crippen LogP contribution is -2.61. The molecule has 3 aromatic carbocycles. The topological polar surface area (TPSA) is 110 Å². The van der Waals surface area contributed by atoms with Gasteiger partial charge in [-0.2, -0.15) is 0 Å². The van der Waals surface area contributed by atoms with Crippen LogP contribution in [0.25, 0.3) is 0 Å². The number of carbonyl (C=O) groups excluding carboxylic acids is 1. The first-order chi connectivity index (χ1) is 21.2. The Labute approximate surface area is 275 Å². The van der Waals surface area contributed by atoms with Crippen molar-refractivity contribution in [3.8, 4) is 0 Å². The van der Waals surface area contributed by atoms with Crippen molar-refractivity contribution >= 4 is 46.3 Å². The summed E-state index contributed by atoms with van der Waals surface area (Å²) in [6.07, 6.45) is -2.73. The number of halogens is 3. The van der Waals surface area contributed by atoms with Crippen LogP contribution in [0, 0.1) is 11.7 Å². The van der Waals surface area contributed by atoms with E-state index in [9.17, 15) is 27.8 Å². The van der Waals surface area contributed by atoms with Crippen LogP contribution >= 0.6 is 23.2 Å². The third-order valence-corrected chi connectivity index (χ3v) is 9.58. The molecule has 0 spiro atoms. The van der Waals surface area contributed by atoms with Crippen LogP contribution in [0.15, 0.2) is 72.8 Å². The summed E-state index contributed by atoms with van der Waals surface area (Å²) in [4.78, 5) is 27.8. The molecule has 242 valence electrons. The lowest BCUT2D eigenvalue weighted by Gasteiger charge is -2.51. The average Bonchev–Trinajstić information content (AvgIpc) is 2.95. The Kier molecular flexibility index (Phi) is 11.4. The Balaban J connectivity index is 1.85. The van der Waals surface area contributed by atoms with Crippen molar-refractivity contribution < 1.29 is 32.6 Å². The van der Waals surface area contributed by atoms with E-state index in [1.54, 1.807) is 85.5 Å². The molecule has 0 saturated carbocycles. The third-order valence-electron chi connectivity index (χ3n) is 8.09. The number of carboxylic acids is 1. The summed E-state index contributed by atoms with van der Waals surface area (Å²) < 4.78 is 47.9. The molecule has 1 N–H and O–H groups in total. The second kappa shape index (κ2) is 14.7. The number of nitrogens with zero attached hydrogens (tertiary/aromatic N) is 2. The number of benzene rings is 3. The van der Waals surface area contributed by atoms with E-state index in [1.165, 1.54) is 10.4 Å². The number of carboxylic acid groups (broad SMARTS) is 1. The molecule has 5 atom stereocenters. The van der Waals surface area contributed by atoms with Crippen molar-refractivity contribution in [3.63, 3.8) is 0 Å². The zero-order valence-electron chi connectivity index (χ0n) is 25.4. The van der Waals surface area contributed by atoms with Crippen LogP contribution in [-0.2, 0) is 32.0 Å². The standard InChI is InChI=1S/C33H37Cl2FN2O6S/c1-20(2)27(19-37(45(42)43)33(3,4)18-23-8-5-6-11-26(23)36)38-30(21-12-14-24(34)15-13-21)31(22-9-7-10-25(35)16-22)44-28(32(38)41)17-29(39)40/h5-16,20,27-28,30-31H,17-19H2,1-4H3,(H,39,40)(H,42,43)/p-1/t27-,28-,30-,31-/m1/s1. The largest absolute Gasteiger partial charge is 0.760 e. The summed E-state index contributed by atoms with van der Waals surface area (Å²) in [5.74, 6) is -2.56. The van der Waals surface area contributed by atoms with Gasteiger partial charge in [0.25, 0.3) is 5.91 Å². The molecular formula is C33H36Cl2FN2O6S-. The van der Waals surface area contributed by atoms with E-state index in [0.29, 0.717) is 26.7 Å². The van der Waals surface area contributed by atoms with Gasteiger partial charge < -0.3 is 19.3 Å². The van der Waals surface area contributed by atoms with Crippen LogP contribution in [0.1, 0.15) is 63.0 Å². The van der Waals surface area contributed by atoms with E-state index in [1.807, 2.05) is 13.8 Å². The number of amides is 1. The maximum Gasteiger partial charge on any atom is 0.306 e. The van der Waals surface area contributed by atoms with Crippen molar-refractivity contribution in [2.75, 3.05) is 6.54 Å². The monoisotopic (exact) mass is 677 g/mol. The number of ether oxygens (including phenoxy) is 1. The Hall–Kier alpha value is -2.86. The average molecular weight is 679 g/mol. The minimum absolute atomic E-state index is 0.0723. The summed E-state index contributed by atoms with van der Waals surface area (Å²) in [7, 11) is 0. The van der Waals surface area contributed by atoms with Gasteiger partial charge in [-0.15, -0.1) is 0 Å². The number of hydrogen-bond acceptors (Lipinski definition) is 5. The molecule has 1 saturated heterocycles. The fourth-order valence-corrected chi connectivity index (χ4v) is 6.93. The zero-order valence-corrected chi connectivity index (χ0v) is 27.7. The number of carbonyl (C=O) groups is 2. The molecule has 0 aliphatic carbocycles. The van der Waals surface area contributed by atoms with E-state index >= 15 is 0 Å². The number of rotatable bonds is 12. The van der Waals surface area contributed by atoms with E-state index in [0.717, 1.165) is 0 Å². The summed E-state index contributed by atoms with van der Waals surface area (Å²) in [5, 5.41) is 10.6. The third kappa shape index (κ3) is 8.30. The first-order valence-electron chi connectivity index (χ1n) is 14.5. The van der Waals surface area contributed by atoms with Gasteiger partial charge >= 0.3 is 5.97 Å². The van der Waals surface area contributed by atoms with Crippen LogP contribution in [-0.4, -0.2) is 59.2 Å². The molecule has 0 radical (unpaired) electrons. The second-order valence-electron chi connectivity index (χ2n) is 12.1. The van der Waals surface area contributed by atoms with Gasteiger partial charge in [-0.1, -0.05) is 79.5 Å². The Bertz CT molecular complexity index is 1540. The van der Waals surface area contributed by atoms with Gasteiger partial charge in [0.2, 0.25) is 0 Å². The number of aliphatic carboxylic acids is 1. The zero-order chi connectivity index (χ0) is 33.1. The highest BCUT2D eigenvalue weighted by atomic mass is 35.5. The first-order valence-corrected chi connectivity index (χ1v) is 16.3. The molecule has 1 heterocycles. The highest BCUT2D eigenvalue weighted by Gasteiger charge is 2.49. The Morgan fingerprint density at radius 2 is 1.73 bits per heavy atom. The van der Waals surface area contributed by atoms with Crippen LogP contribution < -0.4 is 0 Å². The van der Waals surface area contributed by atoms with Crippen molar-refractivity contribution in [1.29, 1.82) is 0 Å². The lowest BCUT2D eigenvalue weighted by molar-refractivity contribution is -0.185. The molecule has 1 aliphatic heterocycles. The Morgan fingerprint density at radius 1 is 1.07 bits per heavy atom. The van der Waals surface area contributed by atoms with Gasteiger partial charge in [0.15, 0.2) is 0 Å². The normalized spacial score (nSPS) is 20.4. The predicted octanol–water partition coefficient (Wildman–Crippen LogP) is 6.76. The molecule has 45 heavy (non-hydrogen) atoms. The van der Waals surface area contributed by atoms with E-state index in [2.05, 4.69) is 0 Å². The fraction of sp³-hybridized carbons (Fsp3) is 0.394. The van der Waals surface area contributed by atoms with Gasteiger partial charge in [-0.25, -0.2) is 8.70 Å². The van der Waals surface area contributed by atoms with Crippen LogP contribution in [0.4, 0.5) is 4.39 Å². The molecule has 1 amide bonds. The molecular weight excluding hydrogens is 642 g/mol. The molecule has 8 nitrogen and oxygen atoms in total. The smallest absolute Gasteiger partial charge is 0.306 e. The highest BCUT2D eigenvalue weighted by Crippen LogP contribution is 2.45. The van der Waals surface area contributed by atoms with Gasteiger partial charge in [0.05, 0.1) is 12.5 Å². The summed E-state index contributed by atoms with van der Waals surface area (Å²) >= 11 is 9.81. The molecule has 1 fully saturated rings. The van der Waals surface area contributed by atoms with Crippen molar-refractivity contribution in [2.45, 2.75) is 70.4 Å². The quantitative estimate of drug-likeness (QED) is 0.212. The van der Waals surface area contributed by atoms with Crippen LogP contribution in [0.3, 0.4) is 0 Å². The van der Waals surface area contributed by atoms with E-state index in [-0.39, 0.29) is 18.9 Å². The molecule has 0 aromatic heterocycles. The second-order valence-corrected chi connectivity index (χ2v) is 13.9. The summed E-state index contributed by atoms with van der Waals surface area (Å²) in [6.45, 7) is 6.98. The lowest BCUT2D eigenvalue weighted by atomic mass is 9.87. The highest BCUT2D eigenvalue weighted by molar-refractivity contribution is 7.76. The molecule has 4 rings (SSSR count). The molecule has 12 heteroatoms. The molecule has 0 bridgehead atoms. The minimum atomic E-state index is -2.77. The number of hydrogen-bond donors (Lipinski definition) is 1. The van der Waals surface area contributed by atoms with Crippen LogP contribution in [0.2, 0.25) is 10.0 Å². The van der Waals surface area contributed by atoms with Gasteiger partial charge in [0, 0.05) is 39.4 Å². The van der Waals surface area contributed by atoms with Crippen LogP contribution in [0.5, 0.6) is 0 Å². The van der Waals surface area contributed by atoms with Crippen molar-refractivity contribution in [3.05, 3.63) is 105 Å². The summed E-state index contributed by atoms with van der Waals surface area (Å²) in [6, 6.07) is 18.4.